The molecule has 17 heavy (non-hydrogen) atoms. The highest BCUT2D eigenvalue weighted by Gasteiger charge is 2.22. The Kier molecular flexibility index (Phi) is 5.69. The molecule has 1 atom stereocenters. The molecule has 1 aromatic heterocycles. The molecule has 0 amide bonds. The lowest BCUT2D eigenvalue weighted by Crippen LogP contribution is -2.45. The van der Waals surface area contributed by atoms with Gasteiger partial charge in [0, 0.05) is 12.6 Å². The smallest absolute Gasteiger partial charge is 0.250 e. The summed E-state index contributed by atoms with van der Waals surface area (Å²) in [6.45, 7) is 1.65. The monoisotopic (exact) mass is 316 g/mol. The van der Waals surface area contributed by atoms with Crippen LogP contribution in [-0.4, -0.2) is 27.5 Å². The molecule has 2 rings (SSSR count). The summed E-state index contributed by atoms with van der Waals surface area (Å²) in [5.41, 5.74) is 0. The average Bonchev–Trinajstić information content (AvgIpc) is 2.66. The standard InChI is InChI=1S/C9H13ClN2O2S2.ClH/c10-8-3-4-9(15-8)16(13,14)12-7-2-1-5-11-6-7;/h3-4,7,11-12H,1-2,5-6H2;1H. The minimum atomic E-state index is -3.40. The van der Waals surface area contributed by atoms with Gasteiger partial charge in [-0.2, -0.15) is 0 Å². The number of thiophene rings is 1. The highest BCUT2D eigenvalue weighted by atomic mass is 35.5. The van der Waals surface area contributed by atoms with Crippen molar-refractivity contribution in [3.05, 3.63) is 16.5 Å². The lowest BCUT2D eigenvalue weighted by molar-refractivity contribution is 0.429. The first kappa shape index (κ1) is 15.2. The van der Waals surface area contributed by atoms with Crippen LogP contribution in [0.25, 0.3) is 0 Å². The van der Waals surface area contributed by atoms with E-state index in [0.29, 0.717) is 10.9 Å². The van der Waals surface area contributed by atoms with Gasteiger partial charge in [0.25, 0.3) is 0 Å². The van der Waals surface area contributed by atoms with Gasteiger partial charge in [-0.05, 0) is 31.5 Å². The molecule has 1 aromatic rings. The van der Waals surface area contributed by atoms with Gasteiger partial charge in [0.05, 0.1) is 4.34 Å². The fourth-order valence-corrected chi connectivity index (χ4v) is 4.44. The van der Waals surface area contributed by atoms with Gasteiger partial charge >= 0.3 is 0 Å². The van der Waals surface area contributed by atoms with E-state index in [4.69, 9.17) is 11.6 Å². The fraction of sp³-hybridized carbons (Fsp3) is 0.556. The molecule has 1 saturated heterocycles. The minimum absolute atomic E-state index is 0. The van der Waals surface area contributed by atoms with Gasteiger partial charge in [-0.25, -0.2) is 13.1 Å². The van der Waals surface area contributed by atoms with Gasteiger partial charge in [-0.3, -0.25) is 0 Å². The molecule has 0 saturated carbocycles. The normalized spacial score (nSPS) is 20.9. The summed E-state index contributed by atoms with van der Waals surface area (Å²) >= 11 is 6.80. The first-order valence-corrected chi connectivity index (χ1v) is 7.74. The zero-order chi connectivity index (χ0) is 11.6. The molecule has 2 N–H and O–H groups in total. The zero-order valence-electron chi connectivity index (χ0n) is 8.98. The number of piperidine rings is 1. The zero-order valence-corrected chi connectivity index (χ0v) is 12.2. The van der Waals surface area contributed by atoms with Crippen LogP contribution < -0.4 is 10.0 Å². The van der Waals surface area contributed by atoms with Crippen molar-refractivity contribution < 1.29 is 8.42 Å². The van der Waals surface area contributed by atoms with Gasteiger partial charge in [0.2, 0.25) is 10.0 Å². The van der Waals surface area contributed by atoms with E-state index in [0.717, 1.165) is 30.7 Å². The van der Waals surface area contributed by atoms with E-state index in [1.807, 2.05) is 0 Å². The van der Waals surface area contributed by atoms with E-state index < -0.39 is 10.0 Å². The molecule has 0 bridgehead atoms. The van der Waals surface area contributed by atoms with Gasteiger partial charge in [0.15, 0.2) is 0 Å². The molecule has 8 heteroatoms. The maximum absolute atomic E-state index is 11.9. The lowest BCUT2D eigenvalue weighted by atomic mass is 10.1. The second kappa shape index (κ2) is 6.36. The molecule has 0 radical (unpaired) electrons. The molecule has 1 aliphatic rings. The van der Waals surface area contributed by atoms with Crippen molar-refractivity contribution in [2.75, 3.05) is 13.1 Å². The van der Waals surface area contributed by atoms with E-state index in [2.05, 4.69) is 10.0 Å². The van der Waals surface area contributed by atoms with E-state index in [1.165, 1.54) is 6.07 Å². The fourth-order valence-electron chi connectivity index (χ4n) is 1.67. The summed E-state index contributed by atoms with van der Waals surface area (Å²) in [6.07, 6.45) is 1.88. The topological polar surface area (TPSA) is 58.2 Å². The molecular weight excluding hydrogens is 303 g/mol. The van der Waals surface area contributed by atoms with E-state index in [9.17, 15) is 8.42 Å². The van der Waals surface area contributed by atoms with Crippen LogP contribution in [0.1, 0.15) is 12.8 Å². The summed E-state index contributed by atoms with van der Waals surface area (Å²) in [5, 5.41) is 3.16. The lowest BCUT2D eigenvalue weighted by Gasteiger charge is -2.23. The number of sulfonamides is 1. The van der Waals surface area contributed by atoms with Gasteiger partial charge in [0.1, 0.15) is 4.21 Å². The minimum Gasteiger partial charge on any atom is -0.315 e. The van der Waals surface area contributed by atoms with Crippen molar-refractivity contribution >= 4 is 45.4 Å². The first-order valence-electron chi connectivity index (χ1n) is 5.06. The summed E-state index contributed by atoms with van der Waals surface area (Å²) in [6, 6.07) is 3.12. The van der Waals surface area contributed by atoms with Crippen LogP contribution in [-0.2, 0) is 10.0 Å². The maximum Gasteiger partial charge on any atom is 0.250 e. The number of hydrogen-bond acceptors (Lipinski definition) is 4. The summed E-state index contributed by atoms with van der Waals surface area (Å²) in [5.74, 6) is 0. The molecule has 2 heterocycles. The first-order chi connectivity index (χ1) is 7.58. The molecule has 1 unspecified atom stereocenters. The van der Waals surface area contributed by atoms with E-state index in [-0.39, 0.29) is 22.7 Å². The Hall–Kier alpha value is 0.150. The van der Waals surface area contributed by atoms with Crippen LogP contribution >= 0.6 is 35.3 Å². The molecule has 0 aromatic carbocycles. The second-order valence-corrected chi connectivity index (χ2v) is 7.38. The molecule has 4 nitrogen and oxygen atoms in total. The summed E-state index contributed by atoms with van der Waals surface area (Å²) < 4.78 is 27.3. The SMILES string of the molecule is Cl.O=S(=O)(NC1CCCNC1)c1ccc(Cl)s1. The van der Waals surface area contributed by atoms with Crippen LogP contribution in [0.2, 0.25) is 4.34 Å². The molecule has 0 spiro atoms. The second-order valence-electron chi connectivity index (χ2n) is 3.72. The number of rotatable bonds is 3. The molecule has 1 fully saturated rings. The maximum atomic E-state index is 11.9. The highest BCUT2D eigenvalue weighted by Crippen LogP contribution is 2.25. The Morgan fingerprint density at radius 3 is 2.76 bits per heavy atom. The number of nitrogens with one attached hydrogen (secondary N) is 2. The Bertz CT molecular complexity index is 455. The van der Waals surface area contributed by atoms with E-state index in [1.54, 1.807) is 6.07 Å². The van der Waals surface area contributed by atoms with Gasteiger partial charge < -0.3 is 5.32 Å². The largest absolute Gasteiger partial charge is 0.315 e. The highest BCUT2D eigenvalue weighted by molar-refractivity contribution is 7.91. The predicted octanol–water partition coefficient (Wildman–Crippen LogP) is 1.85. The van der Waals surface area contributed by atoms with Crippen molar-refractivity contribution in [2.45, 2.75) is 23.1 Å². The number of halogens is 2. The molecule has 98 valence electrons. The van der Waals surface area contributed by atoms with Crippen molar-refractivity contribution in [1.82, 2.24) is 10.0 Å². The Balaban J connectivity index is 0.00000144. The van der Waals surface area contributed by atoms with Crippen LogP contribution in [0.4, 0.5) is 0 Å². The van der Waals surface area contributed by atoms with Crippen molar-refractivity contribution in [3.63, 3.8) is 0 Å². The van der Waals surface area contributed by atoms with Crippen LogP contribution in [0.3, 0.4) is 0 Å². The van der Waals surface area contributed by atoms with Crippen molar-refractivity contribution in [2.24, 2.45) is 0 Å². The van der Waals surface area contributed by atoms with Crippen molar-refractivity contribution in [1.29, 1.82) is 0 Å². The Morgan fingerprint density at radius 1 is 1.47 bits per heavy atom. The van der Waals surface area contributed by atoms with Gasteiger partial charge in [-0.15, -0.1) is 23.7 Å². The van der Waals surface area contributed by atoms with E-state index >= 15 is 0 Å². The third kappa shape index (κ3) is 4.08. The van der Waals surface area contributed by atoms with Crippen LogP contribution in [0.15, 0.2) is 16.3 Å². The summed E-state index contributed by atoms with van der Waals surface area (Å²) in [4.78, 5) is 0. The van der Waals surface area contributed by atoms with Crippen molar-refractivity contribution in [3.8, 4) is 0 Å². The molecule has 0 aliphatic carbocycles. The molecule has 1 aliphatic heterocycles. The third-order valence-electron chi connectivity index (χ3n) is 2.43. The Morgan fingerprint density at radius 2 is 2.24 bits per heavy atom. The average molecular weight is 317 g/mol. The van der Waals surface area contributed by atoms with Crippen LogP contribution in [0, 0.1) is 0 Å². The van der Waals surface area contributed by atoms with Crippen LogP contribution in [0.5, 0.6) is 0 Å². The summed E-state index contributed by atoms with van der Waals surface area (Å²) in [7, 11) is -3.40. The Labute approximate surface area is 116 Å². The number of hydrogen-bond donors (Lipinski definition) is 2. The van der Waals surface area contributed by atoms with Gasteiger partial charge in [-0.1, -0.05) is 11.6 Å². The molecular formula is C9H14Cl2N2O2S2. The predicted molar refractivity (Wildman–Crippen MR) is 72.8 cm³/mol. The quantitative estimate of drug-likeness (QED) is 0.894. The third-order valence-corrected chi connectivity index (χ3v) is 5.68.